The van der Waals surface area contributed by atoms with E-state index in [2.05, 4.69) is 5.32 Å². The molecule has 0 bridgehead atoms. The van der Waals surface area contributed by atoms with Crippen molar-refractivity contribution < 1.29 is 14.3 Å². The molecule has 1 aliphatic carbocycles. The Bertz CT molecular complexity index is 986. The molecule has 2 heterocycles. The van der Waals surface area contributed by atoms with Gasteiger partial charge >= 0.3 is 0 Å². The first-order valence-corrected chi connectivity index (χ1v) is 9.93. The molecule has 0 unspecified atom stereocenters. The molecule has 1 saturated carbocycles. The van der Waals surface area contributed by atoms with Gasteiger partial charge in [0.1, 0.15) is 11.9 Å². The summed E-state index contributed by atoms with van der Waals surface area (Å²) in [5.74, 6) is 0.494. The first-order chi connectivity index (χ1) is 13.9. The summed E-state index contributed by atoms with van der Waals surface area (Å²) < 4.78 is 7.74. The van der Waals surface area contributed by atoms with Crippen molar-refractivity contribution in [3.05, 3.63) is 58.0 Å². The Morgan fingerprint density at radius 3 is 2.41 bits per heavy atom. The van der Waals surface area contributed by atoms with Gasteiger partial charge in [-0.15, -0.1) is 0 Å². The average molecular weight is 395 g/mol. The molecule has 7 heteroatoms. The molecule has 2 amide bonds. The monoisotopic (exact) mass is 395 g/mol. The smallest absolute Gasteiger partial charge is 0.254 e. The van der Waals surface area contributed by atoms with Crippen molar-refractivity contribution in [1.82, 2.24) is 9.47 Å². The largest absolute Gasteiger partial charge is 0.486 e. The van der Waals surface area contributed by atoms with Crippen molar-refractivity contribution in [3.8, 4) is 5.75 Å². The Balaban J connectivity index is 1.28. The van der Waals surface area contributed by atoms with Crippen LogP contribution in [-0.4, -0.2) is 40.5 Å². The number of amides is 2. The maximum Gasteiger partial charge on any atom is 0.254 e. The van der Waals surface area contributed by atoms with Crippen LogP contribution in [0.1, 0.15) is 37.1 Å². The van der Waals surface area contributed by atoms with Gasteiger partial charge in [-0.05, 0) is 43.5 Å². The first-order valence-electron chi connectivity index (χ1n) is 9.93. The van der Waals surface area contributed by atoms with E-state index in [1.54, 1.807) is 23.1 Å². The third kappa shape index (κ3) is 4.50. The minimum Gasteiger partial charge on any atom is -0.486 e. The SMILES string of the molecule is CC(=O)Nc1ccc(CC(=O)N2CC(Oc3cc(C)n(C4CC4)c(=O)c3)C2)cc1. The van der Waals surface area contributed by atoms with Crippen molar-refractivity contribution in [2.75, 3.05) is 18.4 Å². The molecule has 1 aliphatic heterocycles. The van der Waals surface area contributed by atoms with Gasteiger partial charge in [0.05, 0.1) is 19.5 Å². The number of likely N-dealkylation sites (tertiary alicyclic amines) is 1. The van der Waals surface area contributed by atoms with Gasteiger partial charge in [-0.2, -0.15) is 0 Å². The number of aromatic nitrogens is 1. The second-order valence-electron chi connectivity index (χ2n) is 7.87. The molecule has 0 atom stereocenters. The number of aryl methyl sites for hydroxylation is 1. The predicted molar refractivity (Wildman–Crippen MR) is 109 cm³/mol. The summed E-state index contributed by atoms with van der Waals surface area (Å²) in [5, 5.41) is 2.71. The van der Waals surface area contributed by atoms with E-state index in [0.29, 0.717) is 37.0 Å². The summed E-state index contributed by atoms with van der Waals surface area (Å²) in [6.45, 7) is 4.43. The predicted octanol–water partition coefficient (Wildman–Crippen LogP) is 2.28. The van der Waals surface area contributed by atoms with Crippen LogP contribution in [0.5, 0.6) is 5.75 Å². The Morgan fingerprint density at radius 2 is 1.83 bits per heavy atom. The second-order valence-corrected chi connectivity index (χ2v) is 7.87. The number of nitrogens with zero attached hydrogens (tertiary/aromatic N) is 2. The van der Waals surface area contributed by atoms with E-state index < -0.39 is 0 Å². The zero-order valence-corrected chi connectivity index (χ0v) is 16.7. The Labute approximate surface area is 169 Å². The van der Waals surface area contributed by atoms with Crippen LogP contribution in [0.2, 0.25) is 0 Å². The van der Waals surface area contributed by atoms with Crippen LogP contribution in [0.15, 0.2) is 41.2 Å². The van der Waals surface area contributed by atoms with Crippen LogP contribution in [0.4, 0.5) is 5.69 Å². The molecule has 0 spiro atoms. The molecule has 2 aliphatic rings. The van der Waals surface area contributed by atoms with Crippen LogP contribution in [0.3, 0.4) is 0 Å². The van der Waals surface area contributed by atoms with Crippen molar-refractivity contribution in [2.24, 2.45) is 0 Å². The minimum atomic E-state index is -0.125. The number of pyridine rings is 1. The van der Waals surface area contributed by atoms with Gasteiger partial charge < -0.3 is 19.5 Å². The number of benzene rings is 1. The third-order valence-electron chi connectivity index (χ3n) is 5.28. The topological polar surface area (TPSA) is 80.6 Å². The number of carbonyl (C=O) groups is 2. The van der Waals surface area contributed by atoms with E-state index in [1.165, 1.54) is 6.92 Å². The molecule has 0 radical (unpaired) electrons. The number of hydrogen-bond acceptors (Lipinski definition) is 4. The number of nitrogens with one attached hydrogen (secondary N) is 1. The molecule has 152 valence electrons. The van der Waals surface area contributed by atoms with Crippen molar-refractivity contribution in [2.45, 2.75) is 45.3 Å². The lowest BCUT2D eigenvalue weighted by atomic mass is 10.1. The van der Waals surface area contributed by atoms with Crippen LogP contribution in [0.25, 0.3) is 0 Å². The minimum absolute atomic E-state index is 0.0162. The van der Waals surface area contributed by atoms with Crippen molar-refractivity contribution in [1.29, 1.82) is 0 Å². The number of rotatable bonds is 6. The lowest BCUT2D eigenvalue weighted by molar-refractivity contribution is -0.139. The van der Waals surface area contributed by atoms with Gasteiger partial charge in [0, 0.05) is 30.4 Å². The number of hydrogen-bond donors (Lipinski definition) is 1. The molecule has 1 saturated heterocycles. The Kier molecular flexibility index (Phi) is 5.13. The maximum atomic E-state index is 12.4. The van der Waals surface area contributed by atoms with E-state index >= 15 is 0 Å². The molecule has 1 N–H and O–H groups in total. The van der Waals surface area contributed by atoms with Crippen molar-refractivity contribution >= 4 is 17.5 Å². The zero-order chi connectivity index (χ0) is 20.5. The molecule has 2 aromatic rings. The second kappa shape index (κ2) is 7.73. The number of anilines is 1. The fourth-order valence-corrected chi connectivity index (χ4v) is 3.66. The zero-order valence-electron chi connectivity index (χ0n) is 16.7. The molecule has 1 aromatic heterocycles. The lowest BCUT2D eigenvalue weighted by Crippen LogP contribution is -2.56. The lowest BCUT2D eigenvalue weighted by Gasteiger charge is -2.39. The fraction of sp³-hybridized carbons (Fsp3) is 0.409. The summed E-state index contributed by atoms with van der Waals surface area (Å²) in [4.78, 5) is 37.5. The highest BCUT2D eigenvalue weighted by Gasteiger charge is 2.32. The molecular weight excluding hydrogens is 370 g/mol. The Hall–Kier alpha value is -3.09. The maximum absolute atomic E-state index is 12.4. The highest BCUT2D eigenvalue weighted by atomic mass is 16.5. The normalized spacial score (nSPS) is 16.3. The molecule has 7 nitrogen and oxygen atoms in total. The highest BCUT2D eigenvalue weighted by molar-refractivity contribution is 5.88. The van der Waals surface area contributed by atoms with Crippen LogP contribution in [-0.2, 0) is 16.0 Å². The highest BCUT2D eigenvalue weighted by Crippen LogP contribution is 2.35. The average Bonchev–Trinajstić information content (AvgIpc) is 3.43. The van der Waals surface area contributed by atoms with Gasteiger partial charge in [0.15, 0.2) is 0 Å². The summed E-state index contributed by atoms with van der Waals surface area (Å²) in [5.41, 5.74) is 2.51. The Morgan fingerprint density at radius 1 is 1.14 bits per heavy atom. The van der Waals surface area contributed by atoms with Gasteiger partial charge in [-0.1, -0.05) is 12.1 Å². The molecule has 29 heavy (non-hydrogen) atoms. The molecule has 1 aromatic carbocycles. The van der Waals surface area contributed by atoms with E-state index in [-0.39, 0.29) is 23.5 Å². The van der Waals surface area contributed by atoms with Crippen LogP contribution < -0.4 is 15.6 Å². The summed E-state index contributed by atoms with van der Waals surface area (Å²) in [6, 6.07) is 11.1. The van der Waals surface area contributed by atoms with E-state index in [9.17, 15) is 14.4 Å². The standard InChI is InChI=1S/C22H25N3O4/c1-14-9-19(11-22(28)25(14)18-7-8-18)29-20-12-24(13-20)21(27)10-16-3-5-17(6-4-16)23-15(2)26/h3-6,9,11,18,20H,7-8,10,12-13H2,1-2H3,(H,23,26). The number of ether oxygens (including phenoxy) is 1. The van der Waals surface area contributed by atoms with Gasteiger partial charge in [-0.3, -0.25) is 14.4 Å². The van der Waals surface area contributed by atoms with Crippen molar-refractivity contribution in [3.63, 3.8) is 0 Å². The molecular formula is C22H25N3O4. The van der Waals surface area contributed by atoms with Crippen LogP contribution >= 0.6 is 0 Å². The number of carbonyl (C=O) groups excluding carboxylic acids is 2. The third-order valence-corrected chi connectivity index (χ3v) is 5.28. The summed E-state index contributed by atoms with van der Waals surface area (Å²) in [7, 11) is 0. The first kappa shape index (κ1) is 19.2. The van der Waals surface area contributed by atoms with E-state index in [0.717, 1.165) is 24.1 Å². The summed E-state index contributed by atoms with van der Waals surface area (Å²) >= 11 is 0. The quantitative estimate of drug-likeness (QED) is 0.814. The fourth-order valence-electron chi connectivity index (χ4n) is 3.66. The van der Waals surface area contributed by atoms with Gasteiger partial charge in [0.2, 0.25) is 11.8 Å². The summed E-state index contributed by atoms with van der Waals surface area (Å²) in [6.07, 6.45) is 2.35. The van der Waals surface area contributed by atoms with Crippen LogP contribution in [0, 0.1) is 6.92 Å². The van der Waals surface area contributed by atoms with E-state index in [1.807, 2.05) is 29.7 Å². The molecule has 2 fully saturated rings. The van der Waals surface area contributed by atoms with E-state index in [4.69, 9.17) is 4.74 Å². The molecule has 4 rings (SSSR count). The van der Waals surface area contributed by atoms with Gasteiger partial charge in [0.25, 0.3) is 5.56 Å². The van der Waals surface area contributed by atoms with Gasteiger partial charge in [-0.25, -0.2) is 0 Å².